The first-order chi connectivity index (χ1) is 15.9. The van der Waals surface area contributed by atoms with Gasteiger partial charge in [-0.1, -0.05) is 61.2 Å². The fourth-order valence-corrected chi connectivity index (χ4v) is 4.40. The van der Waals surface area contributed by atoms with Crippen LogP contribution in [0.3, 0.4) is 0 Å². The molecule has 0 spiro atoms. The molecule has 0 aliphatic heterocycles. The molecule has 8 heteroatoms. The van der Waals surface area contributed by atoms with Crippen molar-refractivity contribution in [3.05, 3.63) is 58.1 Å². The van der Waals surface area contributed by atoms with Gasteiger partial charge in [0.2, 0.25) is 5.91 Å². The number of nitrogens with zero attached hydrogens (tertiary/aromatic N) is 1. The Morgan fingerprint density at radius 3 is 2.42 bits per heavy atom. The quantitative estimate of drug-likeness (QED) is 0.491. The summed E-state index contributed by atoms with van der Waals surface area (Å²) in [6.07, 6.45) is 4.64. The summed E-state index contributed by atoms with van der Waals surface area (Å²) in [4.78, 5) is 28.0. The van der Waals surface area contributed by atoms with Crippen molar-refractivity contribution in [1.29, 1.82) is 0 Å². The van der Waals surface area contributed by atoms with Crippen molar-refractivity contribution >= 4 is 35.0 Å². The highest BCUT2D eigenvalue weighted by molar-refractivity contribution is 6.42. The highest BCUT2D eigenvalue weighted by atomic mass is 35.5. The Morgan fingerprint density at radius 2 is 1.79 bits per heavy atom. The van der Waals surface area contributed by atoms with Gasteiger partial charge in [0.15, 0.2) is 18.1 Å². The molecule has 1 atom stereocenters. The van der Waals surface area contributed by atoms with Gasteiger partial charge in [0, 0.05) is 12.6 Å². The monoisotopic (exact) mass is 492 g/mol. The van der Waals surface area contributed by atoms with E-state index in [4.69, 9.17) is 32.7 Å². The van der Waals surface area contributed by atoms with Gasteiger partial charge in [0.1, 0.15) is 6.04 Å². The average Bonchev–Trinajstić information content (AvgIpc) is 3.32. The second kappa shape index (κ2) is 12.1. The average molecular weight is 493 g/mol. The molecule has 1 saturated carbocycles. The lowest BCUT2D eigenvalue weighted by molar-refractivity contribution is -0.143. The lowest BCUT2D eigenvalue weighted by Gasteiger charge is -2.31. The number of ether oxygens (including phenoxy) is 2. The van der Waals surface area contributed by atoms with E-state index in [-0.39, 0.29) is 31.0 Å². The molecule has 3 rings (SSSR count). The van der Waals surface area contributed by atoms with E-state index in [1.165, 1.54) is 0 Å². The van der Waals surface area contributed by atoms with Crippen LogP contribution < -0.4 is 14.8 Å². The molecule has 1 N–H and O–H groups in total. The van der Waals surface area contributed by atoms with E-state index in [1.807, 2.05) is 13.0 Å². The molecule has 1 unspecified atom stereocenters. The van der Waals surface area contributed by atoms with Gasteiger partial charge in [-0.2, -0.15) is 0 Å². The third-order valence-electron chi connectivity index (χ3n) is 5.84. The molecular weight excluding hydrogens is 463 g/mol. The summed E-state index contributed by atoms with van der Waals surface area (Å²) in [5, 5.41) is 3.96. The van der Waals surface area contributed by atoms with Gasteiger partial charge in [-0.15, -0.1) is 0 Å². The SMILES string of the molecule is CCC(C(=O)NC1CCCC1)N(Cc1ccc(Cl)c(Cl)c1)C(=O)COc1ccccc1OC. The number of para-hydroxylation sites is 2. The van der Waals surface area contributed by atoms with Crippen LogP contribution in [0.4, 0.5) is 0 Å². The van der Waals surface area contributed by atoms with E-state index >= 15 is 0 Å². The minimum absolute atomic E-state index is 0.143. The summed E-state index contributed by atoms with van der Waals surface area (Å²) >= 11 is 12.2. The molecule has 2 amide bonds. The van der Waals surface area contributed by atoms with Crippen molar-refractivity contribution in [2.75, 3.05) is 13.7 Å². The molecule has 0 heterocycles. The third-order valence-corrected chi connectivity index (χ3v) is 6.58. The van der Waals surface area contributed by atoms with Crippen molar-refractivity contribution in [1.82, 2.24) is 10.2 Å². The number of rotatable bonds is 10. The van der Waals surface area contributed by atoms with E-state index in [0.29, 0.717) is 28.0 Å². The minimum Gasteiger partial charge on any atom is -0.493 e. The maximum atomic E-state index is 13.3. The molecule has 6 nitrogen and oxygen atoms in total. The van der Waals surface area contributed by atoms with Crippen LogP contribution in [0.2, 0.25) is 10.0 Å². The van der Waals surface area contributed by atoms with Crippen molar-refractivity contribution in [3.63, 3.8) is 0 Å². The van der Waals surface area contributed by atoms with Crippen LogP contribution in [0, 0.1) is 0 Å². The number of methoxy groups -OCH3 is 1. The summed E-state index contributed by atoms with van der Waals surface area (Å²) in [5.41, 5.74) is 0.780. The summed E-state index contributed by atoms with van der Waals surface area (Å²) in [5.74, 6) is 0.550. The predicted octanol–water partition coefficient (Wildman–Crippen LogP) is 5.25. The first-order valence-electron chi connectivity index (χ1n) is 11.2. The van der Waals surface area contributed by atoms with Gasteiger partial charge in [-0.05, 0) is 49.1 Å². The van der Waals surface area contributed by atoms with Gasteiger partial charge in [0.25, 0.3) is 5.91 Å². The van der Waals surface area contributed by atoms with E-state index < -0.39 is 6.04 Å². The molecule has 178 valence electrons. The van der Waals surface area contributed by atoms with Gasteiger partial charge >= 0.3 is 0 Å². The Morgan fingerprint density at radius 1 is 1.09 bits per heavy atom. The fourth-order valence-electron chi connectivity index (χ4n) is 4.08. The number of halogens is 2. The lowest BCUT2D eigenvalue weighted by Crippen LogP contribution is -2.52. The standard InChI is InChI=1S/C25H30Cl2N2O4/c1-3-21(25(31)28-18-8-4-5-9-18)29(15-17-12-13-19(26)20(27)14-17)24(30)16-33-23-11-7-6-10-22(23)32-2/h6-7,10-14,18,21H,3-5,8-9,15-16H2,1-2H3,(H,28,31). The Hall–Kier alpha value is -2.44. The number of amides is 2. The molecule has 33 heavy (non-hydrogen) atoms. The van der Waals surface area contributed by atoms with Crippen LogP contribution >= 0.6 is 23.2 Å². The molecule has 2 aromatic rings. The second-order valence-corrected chi connectivity index (χ2v) is 8.94. The molecule has 2 aromatic carbocycles. The topological polar surface area (TPSA) is 67.9 Å². The zero-order valence-electron chi connectivity index (χ0n) is 19.0. The smallest absolute Gasteiger partial charge is 0.261 e. The fraction of sp³-hybridized carbons (Fsp3) is 0.440. The molecular formula is C25H30Cl2N2O4. The van der Waals surface area contributed by atoms with Crippen molar-refractivity contribution in [2.45, 2.75) is 57.7 Å². The highest BCUT2D eigenvalue weighted by Crippen LogP contribution is 2.27. The third kappa shape index (κ3) is 6.78. The number of nitrogens with one attached hydrogen (secondary N) is 1. The number of hydrogen-bond donors (Lipinski definition) is 1. The van der Waals surface area contributed by atoms with Crippen LogP contribution in [0.1, 0.15) is 44.6 Å². The Kier molecular flexibility index (Phi) is 9.27. The number of carbonyl (C=O) groups is 2. The first-order valence-corrected chi connectivity index (χ1v) is 12.0. The van der Waals surface area contributed by atoms with Gasteiger partial charge in [-0.3, -0.25) is 9.59 Å². The maximum absolute atomic E-state index is 13.3. The van der Waals surface area contributed by atoms with E-state index in [2.05, 4.69) is 5.32 Å². The van der Waals surface area contributed by atoms with Crippen molar-refractivity contribution in [3.8, 4) is 11.5 Å². The predicted molar refractivity (Wildman–Crippen MR) is 130 cm³/mol. The van der Waals surface area contributed by atoms with Crippen molar-refractivity contribution in [2.24, 2.45) is 0 Å². The maximum Gasteiger partial charge on any atom is 0.261 e. The summed E-state index contributed by atoms with van der Waals surface area (Å²) in [6.45, 7) is 1.88. The van der Waals surface area contributed by atoms with Gasteiger partial charge in [-0.25, -0.2) is 0 Å². The normalized spacial score (nSPS) is 14.5. The van der Waals surface area contributed by atoms with Gasteiger partial charge in [0.05, 0.1) is 17.2 Å². The lowest BCUT2D eigenvalue weighted by atomic mass is 10.1. The number of benzene rings is 2. The van der Waals surface area contributed by atoms with Crippen LogP contribution in [-0.4, -0.2) is 42.5 Å². The number of carbonyl (C=O) groups excluding carboxylic acids is 2. The van der Waals surface area contributed by atoms with E-state index in [9.17, 15) is 9.59 Å². The first kappa shape index (κ1) is 25.2. The highest BCUT2D eigenvalue weighted by Gasteiger charge is 2.31. The number of hydrogen-bond acceptors (Lipinski definition) is 4. The molecule has 1 aliphatic carbocycles. The van der Waals surface area contributed by atoms with Crippen LogP contribution in [0.5, 0.6) is 11.5 Å². The van der Waals surface area contributed by atoms with Crippen LogP contribution in [0.15, 0.2) is 42.5 Å². The molecule has 1 fully saturated rings. The Bertz CT molecular complexity index is 963. The second-order valence-electron chi connectivity index (χ2n) is 8.12. The molecule has 0 radical (unpaired) electrons. The summed E-state index contributed by atoms with van der Waals surface area (Å²) < 4.78 is 11.1. The Labute approximate surface area is 205 Å². The molecule has 0 bridgehead atoms. The Balaban J connectivity index is 1.80. The minimum atomic E-state index is -0.631. The van der Waals surface area contributed by atoms with Crippen LogP contribution in [0.25, 0.3) is 0 Å². The summed E-state index contributed by atoms with van der Waals surface area (Å²) in [6, 6.07) is 11.9. The van der Waals surface area contributed by atoms with Crippen LogP contribution in [-0.2, 0) is 16.1 Å². The zero-order valence-corrected chi connectivity index (χ0v) is 20.5. The molecule has 1 aliphatic rings. The largest absolute Gasteiger partial charge is 0.493 e. The summed E-state index contributed by atoms with van der Waals surface area (Å²) in [7, 11) is 1.54. The van der Waals surface area contributed by atoms with Crippen molar-refractivity contribution < 1.29 is 19.1 Å². The molecule has 0 saturated heterocycles. The molecule has 0 aromatic heterocycles. The van der Waals surface area contributed by atoms with E-state index in [1.54, 1.807) is 48.4 Å². The zero-order chi connectivity index (χ0) is 23.8. The van der Waals surface area contributed by atoms with Gasteiger partial charge < -0.3 is 19.7 Å². The van der Waals surface area contributed by atoms with E-state index in [0.717, 1.165) is 31.2 Å².